The summed E-state index contributed by atoms with van der Waals surface area (Å²) in [6, 6.07) is 8.07. The molecule has 1 aromatic carbocycles. The van der Waals surface area contributed by atoms with Gasteiger partial charge in [0.1, 0.15) is 6.54 Å². The third-order valence-corrected chi connectivity index (χ3v) is 6.11. The van der Waals surface area contributed by atoms with Crippen LogP contribution >= 0.6 is 0 Å². The molecule has 1 saturated carbocycles. The van der Waals surface area contributed by atoms with E-state index >= 15 is 0 Å². The van der Waals surface area contributed by atoms with E-state index in [1.807, 2.05) is 6.07 Å². The van der Waals surface area contributed by atoms with Gasteiger partial charge in [-0.2, -0.15) is 0 Å². The summed E-state index contributed by atoms with van der Waals surface area (Å²) in [5, 5.41) is 12.3. The first-order chi connectivity index (χ1) is 12.7. The number of carbonyl (C=O) groups is 2. The van der Waals surface area contributed by atoms with Gasteiger partial charge in [-0.1, -0.05) is 30.3 Å². The highest BCUT2D eigenvalue weighted by molar-refractivity contribution is 5.77. The van der Waals surface area contributed by atoms with Crippen LogP contribution in [0.2, 0.25) is 0 Å². The molecule has 148 valence electrons. The Labute approximate surface area is 157 Å². The first-order valence-corrected chi connectivity index (χ1v) is 9.39. The number of halogens is 2. The van der Waals surface area contributed by atoms with Crippen molar-refractivity contribution in [2.75, 3.05) is 13.2 Å². The Hall–Kier alpha value is -2.02. The molecule has 2 aliphatic rings. The van der Waals surface area contributed by atoms with E-state index in [0.29, 0.717) is 0 Å². The lowest BCUT2D eigenvalue weighted by Gasteiger charge is -2.40. The van der Waals surface area contributed by atoms with Crippen LogP contribution in [0.25, 0.3) is 0 Å². The van der Waals surface area contributed by atoms with Crippen LogP contribution in [0.5, 0.6) is 0 Å². The maximum Gasteiger partial charge on any atom is 0.365 e. The highest BCUT2D eigenvalue weighted by Gasteiger charge is 2.61. The Morgan fingerprint density at radius 3 is 2.37 bits per heavy atom. The molecule has 0 radical (unpaired) electrons. The minimum absolute atomic E-state index is 0.0742. The number of nitrogens with zero attached hydrogens (tertiary/aromatic N) is 1. The van der Waals surface area contributed by atoms with Crippen LogP contribution in [0.4, 0.5) is 13.6 Å². The third-order valence-electron chi connectivity index (χ3n) is 6.11. The van der Waals surface area contributed by atoms with Gasteiger partial charge in [0.2, 0.25) is 5.92 Å². The molecule has 1 amide bonds. The molecular formula is C20H25F2NO4. The molecule has 1 aliphatic heterocycles. The smallest absolute Gasteiger partial charge is 0.365 e. The van der Waals surface area contributed by atoms with Crippen molar-refractivity contribution in [3.8, 4) is 0 Å². The fraction of sp³-hybridized carbons (Fsp3) is 0.600. The standard InChI is InChI=1S/C20H25F2NO4/c1-2-27-17(24)16-12-19(8-10-20(21,22)11-9-19)14-23(16,18(25)26)13-15-6-4-3-5-7-15/h3-7,16H,2,8-14H2,1H3/t16-,23?/m0/s1. The van der Waals surface area contributed by atoms with Crippen molar-refractivity contribution in [1.82, 2.24) is 0 Å². The van der Waals surface area contributed by atoms with E-state index < -0.39 is 33.9 Å². The number of esters is 1. The Balaban J connectivity index is 1.96. The molecule has 0 aromatic heterocycles. The first-order valence-electron chi connectivity index (χ1n) is 9.39. The second-order valence-corrected chi connectivity index (χ2v) is 7.93. The highest BCUT2D eigenvalue weighted by Crippen LogP contribution is 2.53. The number of hydrogen-bond donors (Lipinski definition) is 0. The molecule has 27 heavy (non-hydrogen) atoms. The number of carboxylic acid groups (broad SMARTS) is 1. The Kier molecular flexibility index (Phi) is 5.25. The minimum Gasteiger partial charge on any atom is -0.498 e. The third kappa shape index (κ3) is 3.83. The lowest BCUT2D eigenvalue weighted by atomic mass is 9.71. The molecule has 0 N–H and O–H groups in total. The van der Waals surface area contributed by atoms with Crippen LogP contribution in [0.15, 0.2) is 30.3 Å². The minimum atomic E-state index is -2.72. The van der Waals surface area contributed by atoms with E-state index in [-0.39, 0.29) is 51.8 Å². The van der Waals surface area contributed by atoms with Gasteiger partial charge in [-0.25, -0.2) is 13.6 Å². The zero-order valence-electron chi connectivity index (χ0n) is 15.5. The second-order valence-electron chi connectivity index (χ2n) is 7.93. The number of ether oxygens (including phenoxy) is 1. The Morgan fingerprint density at radius 2 is 1.81 bits per heavy atom. The summed E-state index contributed by atoms with van der Waals surface area (Å²) in [5.41, 5.74) is 0.155. The van der Waals surface area contributed by atoms with Gasteiger partial charge in [0.05, 0.1) is 13.2 Å². The summed E-state index contributed by atoms with van der Waals surface area (Å²) in [5.74, 6) is -3.31. The highest BCUT2D eigenvalue weighted by atomic mass is 19.3. The predicted molar refractivity (Wildman–Crippen MR) is 91.6 cm³/mol. The van der Waals surface area contributed by atoms with Gasteiger partial charge < -0.3 is 14.6 Å². The summed E-state index contributed by atoms with van der Waals surface area (Å²) in [4.78, 5) is 24.9. The maximum absolute atomic E-state index is 13.7. The molecule has 1 spiro atoms. The van der Waals surface area contributed by atoms with Gasteiger partial charge in [-0.05, 0) is 19.8 Å². The number of benzene rings is 1. The number of carbonyl (C=O) groups excluding carboxylic acids is 2. The van der Waals surface area contributed by atoms with Crippen LogP contribution in [0, 0.1) is 5.41 Å². The van der Waals surface area contributed by atoms with Gasteiger partial charge in [0.15, 0.2) is 6.04 Å². The molecule has 2 atom stereocenters. The second kappa shape index (κ2) is 7.19. The first kappa shape index (κ1) is 19.7. The summed E-state index contributed by atoms with van der Waals surface area (Å²) in [7, 11) is 0. The van der Waals surface area contributed by atoms with Crippen LogP contribution in [0.3, 0.4) is 0 Å². The van der Waals surface area contributed by atoms with E-state index in [2.05, 4.69) is 0 Å². The van der Waals surface area contributed by atoms with E-state index in [1.165, 1.54) is 0 Å². The fourth-order valence-electron chi connectivity index (χ4n) is 4.72. The quantitative estimate of drug-likeness (QED) is 0.594. The van der Waals surface area contributed by atoms with Gasteiger partial charge in [-0.15, -0.1) is 0 Å². The van der Waals surface area contributed by atoms with E-state index in [1.54, 1.807) is 31.2 Å². The summed E-state index contributed by atoms with van der Waals surface area (Å²) in [6.45, 7) is 1.99. The number of rotatable bonds is 4. The van der Waals surface area contributed by atoms with Crippen molar-refractivity contribution in [1.29, 1.82) is 0 Å². The average Bonchev–Trinajstić information content (AvgIpc) is 2.95. The molecule has 1 unspecified atom stereocenters. The molecular weight excluding hydrogens is 356 g/mol. The van der Waals surface area contributed by atoms with Crippen molar-refractivity contribution in [3.05, 3.63) is 35.9 Å². The summed E-state index contributed by atoms with van der Waals surface area (Å²) >= 11 is 0. The van der Waals surface area contributed by atoms with Crippen molar-refractivity contribution in [2.45, 2.75) is 57.5 Å². The van der Waals surface area contributed by atoms with Crippen molar-refractivity contribution in [2.24, 2.45) is 5.41 Å². The number of quaternary nitrogens is 1. The van der Waals surface area contributed by atoms with Crippen LogP contribution in [-0.4, -0.2) is 41.7 Å². The van der Waals surface area contributed by atoms with Crippen molar-refractivity contribution >= 4 is 12.1 Å². The Morgan fingerprint density at radius 1 is 1.19 bits per heavy atom. The van der Waals surface area contributed by atoms with Gasteiger partial charge in [0, 0.05) is 30.2 Å². The molecule has 2 fully saturated rings. The predicted octanol–water partition coefficient (Wildman–Crippen LogP) is 2.88. The van der Waals surface area contributed by atoms with Gasteiger partial charge >= 0.3 is 5.97 Å². The molecule has 3 rings (SSSR count). The molecule has 7 heteroatoms. The van der Waals surface area contributed by atoms with Crippen LogP contribution in [-0.2, 0) is 16.1 Å². The van der Waals surface area contributed by atoms with Gasteiger partial charge in [0.25, 0.3) is 6.09 Å². The van der Waals surface area contributed by atoms with Gasteiger partial charge in [-0.3, -0.25) is 4.48 Å². The summed E-state index contributed by atoms with van der Waals surface area (Å²) < 4.78 is 31.9. The van der Waals surface area contributed by atoms with E-state index in [0.717, 1.165) is 5.56 Å². The van der Waals surface area contributed by atoms with Crippen LogP contribution < -0.4 is 5.11 Å². The molecule has 1 aromatic rings. The van der Waals surface area contributed by atoms with E-state index in [9.17, 15) is 23.5 Å². The largest absolute Gasteiger partial charge is 0.498 e. The monoisotopic (exact) mass is 381 g/mol. The molecule has 1 aliphatic carbocycles. The van der Waals surface area contributed by atoms with Crippen molar-refractivity contribution in [3.63, 3.8) is 0 Å². The van der Waals surface area contributed by atoms with Crippen molar-refractivity contribution < 1.29 is 32.7 Å². The average molecular weight is 381 g/mol. The number of hydrogen-bond acceptors (Lipinski definition) is 4. The summed E-state index contributed by atoms with van der Waals surface area (Å²) in [6.07, 6.45) is -1.26. The zero-order valence-corrected chi connectivity index (χ0v) is 15.5. The topological polar surface area (TPSA) is 66.4 Å². The van der Waals surface area contributed by atoms with E-state index in [4.69, 9.17) is 4.74 Å². The molecule has 1 saturated heterocycles. The normalized spacial score (nSPS) is 28.8. The molecule has 1 heterocycles. The molecule has 0 bridgehead atoms. The Bertz CT molecular complexity index is 699. The fourth-order valence-corrected chi connectivity index (χ4v) is 4.72. The SMILES string of the molecule is CCOC(=O)[C@@H]1CC2(CCC(F)(F)CC2)C[N+]1(Cc1ccccc1)C(=O)[O-]. The zero-order chi connectivity index (χ0) is 19.7. The lowest BCUT2D eigenvalue weighted by molar-refractivity contribution is -0.895. The number of alkyl halides is 2. The maximum atomic E-state index is 13.7. The molecule has 5 nitrogen and oxygen atoms in total. The van der Waals surface area contributed by atoms with Crippen LogP contribution in [0.1, 0.15) is 44.6 Å². The number of amides is 1. The lowest BCUT2D eigenvalue weighted by Crippen LogP contribution is -2.63. The number of likely N-dealkylation sites (tertiary alicyclic amines) is 1.